The zero-order chi connectivity index (χ0) is 12.3. The molecular weight excluding hydrogens is 304 g/mol. The molecule has 0 bridgehead atoms. The number of hydrogen-bond acceptors (Lipinski definition) is 3. The number of ether oxygens (including phenoxy) is 1. The van der Waals surface area contributed by atoms with Gasteiger partial charge < -0.3 is 10.1 Å². The third kappa shape index (κ3) is 5.27. The van der Waals surface area contributed by atoms with Gasteiger partial charge in [-0.1, -0.05) is 0 Å². The van der Waals surface area contributed by atoms with Crippen LogP contribution in [-0.2, 0) is 4.74 Å². The summed E-state index contributed by atoms with van der Waals surface area (Å²) in [5.41, 5.74) is 0. The first-order chi connectivity index (χ1) is 8.09. The molecule has 1 N–H and O–H groups in total. The van der Waals surface area contributed by atoms with Gasteiger partial charge in [-0.3, -0.25) is 4.90 Å². The second-order valence-electron chi connectivity index (χ2n) is 4.72. The second kappa shape index (κ2) is 8.52. The Labute approximate surface area is 124 Å². The Bertz CT molecular complexity index is 227. The summed E-state index contributed by atoms with van der Waals surface area (Å²) in [6.07, 6.45) is -3.08. The second-order valence-corrected chi connectivity index (χ2v) is 4.72. The van der Waals surface area contributed by atoms with Crippen molar-refractivity contribution >= 4 is 24.8 Å². The van der Waals surface area contributed by atoms with E-state index in [2.05, 4.69) is 5.32 Å². The molecule has 8 heteroatoms. The Morgan fingerprint density at radius 1 is 1.05 bits per heavy atom. The zero-order valence-electron chi connectivity index (χ0n) is 10.6. The molecule has 0 aliphatic carbocycles. The number of nitrogens with one attached hydrogen (secondary N) is 1. The first-order valence-electron chi connectivity index (χ1n) is 6.18. The molecule has 0 amide bonds. The highest BCUT2D eigenvalue weighted by Crippen LogP contribution is 2.35. The van der Waals surface area contributed by atoms with Crippen LogP contribution in [0.4, 0.5) is 13.2 Å². The molecule has 2 saturated heterocycles. The van der Waals surface area contributed by atoms with Gasteiger partial charge in [0.1, 0.15) is 6.04 Å². The number of alkyl halides is 3. The SMILES string of the molecule is Cl.Cl.FC(F)(F)[C@@H](C1CCOCC1)N1CCNCC1. The van der Waals surface area contributed by atoms with Crippen LogP contribution in [0, 0.1) is 5.92 Å². The van der Waals surface area contributed by atoms with E-state index < -0.39 is 12.2 Å². The molecular formula is C11H21Cl2F3N2O. The van der Waals surface area contributed by atoms with Crippen LogP contribution in [0.3, 0.4) is 0 Å². The molecule has 0 spiro atoms. The minimum Gasteiger partial charge on any atom is -0.381 e. The van der Waals surface area contributed by atoms with Crippen LogP contribution in [0.1, 0.15) is 12.8 Å². The predicted molar refractivity (Wildman–Crippen MR) is 72.3 cm³/mol. The van der Waals surface area contributed by atoms with Crippen LogP contribution in [0.2, 0.25) is 0 Å². The summed E-state index contributed by atoms with van der Waals surface area (Å²) in [4.78, 5) is 1.59. The minimum atomic E-state index is -4.13. The Morgan fingerprint density at radius 3 is 2.05 bits per heavy atom. The van der Waals surface area contributed by atoms with Crippen LogP contribution >= 0.6 is 24.8 Å². The van der Waals surface area contributed by atoms with Gasteiger partial charge in [-0.15, -0.1) is 24.8 Å². The van der Waals surface area contributed by atoms with Gasteiger partial charge >= 0.3 is 6.18 Å². The molecule has 19 heavy (non-hydrogen) atoms. The average molecular weight is 325 g/mol. The first kappa shape index (κ1) is 19.2. The van der Waals surface area contributed by atoms with E-state index in [0.717, 1.165) is 0 Å². The van der Waals surface area contributed by atoms with E-state index in [1.165, 1.54) is 0 Å². The largest absolute Gasteiger partial charge is 0.404 e. The fourth-order valence-electron chi connectivity index (χ4n) is 2.76. The Balaban J connectivity index is 0.00000162. The summed E-state index contributed by atoms with van der Waals surface area (Å²) >= 11 is 0. The zero-order valence-corrected chi connectivity index (χ0v) is 12.3. The quantitative estimate of drug-likeness (QED) is 0.841. The smallest absolute Gasteiger partial charge is 0.381 e. The molecule has 0 radical (unpaired) electrons. The minimum absolute atomic E-state index is 0. The molecule has 0 aromatic heterocycles. The number of halogens is 5. The van der Waals surface area contributed by atoms with Crippen LogP contribution in [-0.4, -0.2) is 56.5 Å². The van der Waals surface area contributed by atoms with Crippen LogP contribution in [0.15, 0.2) is 0 Å². The van der Waals surface area contributed by atoms with Crippen LogP contribution in [0.5, 0.6) is 0 Å². The topological polar surface area (TPSA) is 24.5 Å². The van der Waals surface area contributed by atoms with Gasteiger partial charge in [0.25, 0.3) is 0 Å². The van der Waals surface area contributed by atoms with Gasteiger partial charge in [0.2, 0.25) is 0 Å². The first-order valence-corrected chi connectivity index (χ1v) is 6.18. The molecule has 0 aromatic rings. The van der Waals surface area contributed by atoms with E-state index in [9.17, 15) is 13.2 Å². The fourth-order valence-corrected chi connectivity index (χ4v) is 2.76. The highest BCUT2D eigenvalue weighted by atomic mass is 35.5. The molecule has 0 unspecified atom stereocenters. The van der Waals surface area contributed by atoms with Crippen molar-refractivity contribution in [3.05, 3.63) is 0 Å². The molecule has 116 valence electrons. The maximum absolute atomic E-state index is 13.2. The Kier molecular flexibility index (Phi) is 8.63. The van der Waals surface area contributed by atoms with Crippen molar-refractivity contribution in [1.29, 1.82) is 0 Å². The monoisotopic (exact) mass is 324 g/mol. The summed E-state index contributed by atoms with van der Waals surface area (Å²) in [7, 11) is 0. The van der Waals surface area contributed by atoms with Crippen molar-refractivity contribution in [2.45, 2.75) is 25.1 Å². The molecule has 3 nitrogen and oxygen atoms in total. The van der Waals surface area contributed by atoms with Gasteiger partial charge in [-0.25, -0.2) is 0 Å². The maximum Gasteiger partial charge on any atom is 0.404 e. The lowest BCUT2D eigenvalue weighted by molar-refractivity contribution is -0.205. The van der Waals surface area contributed by atoms with E-state index in [4.69, 9.17) is 4.74 Å². The third-order valence-corrected chi connectivity index (χ3v) is 3.59. The molecule has 2 rings (SSSR count). The van der Waals surface area contributed by atoms with Crippen molar-refractivity contribution in [1.82, 2.24) is 10.2 Å². The predicted octanol–water partition coefficient (Wildman–Crippen LogP) is 2.09. The van der Waals surface area contributed by atoms with Crippen molar-refractivity contribution in [2.24, 2.45) is 5.92 Å². The van der Waals surface area contributed by atoms with E-state index in [0.29, 0.717) is 52.2 Å². The highest BCUT2D eigenvalue weighted by molar-refractivity contribution is 5.85. The van der Waals surface area contributed by atoms with Crippen LogP contribution < -0.4 is 5.32 Å². The van der Waals surface area contributed by atoms with Gasteiger partial charge in [0.05, 0.1) is 0 Å². The lowest BCUT2D eigenvalue weighted by atomic mass is 9.89. The van der Waals surface area contributed by atoms with Gasteiger partial charge in [0, 0.05) is 39.4 Å². The Hall–Kier alpha value is 0.250. The third-order valence-electron chi connectivity index (χ3n) is 3.59. The van der Waals surface area contributed by atoms with Gasteiger partial charge in [-0.05, 0) is 18.8 Å². The van der Waals surface area contributed by atoms with Gasteiger partial charge in [0.15, 0.2) is 0 Å². The molecule has 2 heterocycles. The van der Waals surface area contributed by atoms with Gasteiger partial charge in [-0.2, -0.15) is 13.2 Å². The molecule has 2 fully saturated rings. The molecule has 0 aromatic carbocycles. The van der Waals surface area contributed by atoms with E-state index >= 15 is 0 Å². The molecule has 2 aliphatic rings. The number of nitrogens with zero attached hydrogens (tertiary/aromatic N) is 1. The fraction of sp³-hybridized carbons (Fsp3) is 1.00. The summed E-state index contributed by atoms with van der Waals surface area (Å²) in [6.45, 7) is 3.20. The lowest BCUT2D eigenvalue weighted by Gasteiger charge is -2.41. The van der Waals surface area contributed by atoms with Crippen LogP contribution in [0.25, 0.3) is 0 Å². The van der Waals surface area contributed by atoms with E-state index in [1.54, 1.807) is 4.90 Å². The van der Waals surface area contributed by atoms with Crippen molar-refractivity contribution < 1.29 is 17.9 Å². The van der Waals surface area contributed by atoms with Crippen molar-refractivity contribution in [3.8, 4) is 0 Å². The summed E-state index contributed by atoms with van der Waals surface area (Å²) in [5, 5.41) is 3.09. The van der Waals surface area contributed by atoms with E-state index in [1.807, 2.05) is 0 Å². The maximum atomic E-state index is 13.2. The number of piperazine rings is 1. The number of rotatable bonds is 2. The molecule has 1 atom stereocenters. The summed E-state index contributed by atoms with van der Waals surface area (Å²) in [5.74, 6) is -0.304. The lowest BCUT2D eigenvalue weighted by Crippen LogP contribution is -2.57. The van der Waals surface area contributed by atoms with Crippen molar-refractivity contribution in [3.63, 3.8) is 0 Å². The summed E-state index contributed by atoms with van der Waals surface area (Å²) < 4.78 is 44.7. The summed E-state index contributed by atoms with van der Waals surface area (Å²) in [6, 6.07) is -1.28. The molecule has 0 saturated carbocycles. The highest BCUT2D eigenvalue weighted by Gasteiger charge is 2.48. The normalized spacial score (nSPS) is 24.2. The standard InChI is InChI=1S/C11H19F3N2O.2ClH/c12-11(13,14)10(9-1-7-17-8-2-9)16-5-3-15-4-6-16;;/h9-10,15H,1-8H2;2*1H/t10-;;/m1../s1. The van der Waals surface area contributed by atoms with Crippen molar-refractivity contribution in [2.75, 3.05) is 39.4 Å². The Morgan fingerprint density at radius 2 is 1.58 bits per heavy atom. The molecule has 2 aliphatic heterocycles. The van der Waals surface area contributed by atoms with E-state index in [-0.39, 0.29) is 30.7 Å². The average Bonchev–Trinajstić information content (AvgIpc) is 2.30. The number of hydrogen-bond donors (Lipinski definition) is 1.